The lowest BCUT2D eigenvalue weighted by Gasteiger charge is -2.04. The molecular formula is C9H11BrO. The van der Waals surface area contributed by atoms with Crippen molar-refractivity contribution in [2.24, 2.45) is 0 Å². The molecular weight excluding hydrogens is 204 g/mol. The molecule has 0 unspecified atom stereocenters. The van der Waals surface area contributed by atoms with Crippen LogP contribution >= 0.6 is 15.9 Å². The lowest BCUT2D eigenvalue weighted by molar-refractivity contribution is 0.467. The topological polar surface area (TPSA) is 20.2 Å². The van der Waals surface area contributed by atoms with Crippen LogP contribution in [0.25, 0.3) is 0 Å². The molecule has 0 spiro atoms. The predicted octanol–water partition coefficient (Wildman–Crippen LogP) is 3.11. The predicted molar refractivity (Wildman–Crippen MR) is 49.8 cm³/mol. The minimum Gasteiger partial charge on any atom is -0.508 e. The highest BCUT2D eigenvalue weighted by atomic mass is 79.9. The number of hydrogen-bond acceptors (Lipinski definition) is 1. The SMILES string of the molecule is CCCc1c(O)cccc1Br. The molecule has 1 N–H and O–H groups in total. The van der Waals surface area contributed by atoms with Gasteiger partial charge in [-0.15, -0.1) is 0 Å². The molecule has 0 bridgehead atoms. The summed E-state index contributed by atoms with van der Waals surface area (Å²) in [7, 11) is 0. The van der Waals surface area contributed by atoms with E-state index in [9.17, 15) is 5.11 Å². The molecule has 0 aromatic heterocycles. The maximum Gasteiger partial charge on any atom is 0.119 e. The van der Waals surface area contributed by atoms with Crippen molar-refractivity contribution in [2.75, 3.05) is 0 Å². The van der Waals surface area contributed by atoms with Gasteiger partial charge in [0.25, 0.3) is 0 Å². The maximum absolute atomic E-state index is 9.39. The van der Waals surface area contributed by atoms with E-state index >= 15 is 0 Å². The van der Waals surface area contributed by atoms with Gasteiger partial charge in [-0.25, -0.2) is 0 Å². The Balaban J connectivity index is 3.00. The van der Waals surface area contributed by atoms with Gasteiger partial charge in [-0.1, -0.05) is 35.3 Å². The van der Waals surface area contributed by atoms with Gasteiger partial charge in [0.1, 0.15) is 5.75 Å². The summed E-state index contributed by atoms with van der Waals surface area (Å²) < 4.78 is 0.999. The summed E-state index contributed by atoms with van der Waals surface area (Å²) in [6, 6.07) is 5.50. The van der Waals surface area contributed by atoms with Gasteiger partial charge in [0, 0.05) is 10.0 Å². The first-order valence-corrected chi connectivity index (χ1v) is 4.51. The average Bonchev–Trinajstić information content (AvgIpc) is 1.97. The van der Waals surface area contributed by atoms with E-state index in [2.05, 4.69) is 22.9 Å². The summed E-state index contributed by atoms with van der Waals surface area (Å²) in [5, 5.41) is 9.39. The van der Waals surface area contributed by atoms with Crippen LogP contribution in [0.2, 0.25) is 0 Å². The first-order valence-electron chi connectivity index (χ1n) is 3.72. The second kappa shape index (κ2) is 3.77. The molecule has 0 aliphatic carbocycles. The maximum atomic E-state index is 9.39. The summed E-state index contributed by atoms with van der Waals surface area (Å²) in [6.45, 7) is 2.10. The molecule has 0 aliphatic rings. The van der Waals surface area contributed by atoms with Gasteiger partial charge in [0.15, 0.2) is 0 Å². The van der Waals surface area contributed by atoms with Crippen LogP contribution in [0, 0.1) is 0 Å². The molecule has 0 saturated heterocycles. The Morgan fingerprint density at radius 1 is 1.45 bits per heavy atom. The van der Waals surface area contributed by atoms with Crippen LogP contribution in [0.15, 0.2) is 22.7 Å². The van der Waals surface area contributed by atoms with Crippen LogP contribution < -0.4 is 0 Å². The number of hydrogen-bond donors (Lipinski definition) is 1. The Morgan fingerprint density at radius 2 is 2.18 bits per heavy atom. The van der Waals surface area contributed by atoms with Crippen molar-refractivity contribution in [3.8, 4) is 5.75 Å². The van der Waals surface area contributed by atoms with E-state index in [4.69, 9.17) is 0 Å². The molecule has 1 nitrogen and oxygen atoms in total. The summed E-state index contributed by atoms with van der Waals surface area (Å²) in [4.78, 5) is 0. The molecule has 0 amide bonds. The second-order valence-electron chi connectivity index (χ2n) is 2.49. The van der Waals surface area contributed by atoms with E-state index in [-0.39, 0.29) is 0 Å². The highest BCUT2D eigenvalue weighted by Gasteiger charge is 2.02. The highest BCUT2D eigenvalue weighted by Crippen LogP contribution is 2.26. The van der Waals surface area contributed by atoms with Gasteiger partial charge >= 0.3 is 0 Å². The fraction of sp³-hybridized carbons (Fsp3) is 0.333. The van der Waals surface area contributed by atoms with Crippen molar-refractivity contribution >= 4 is 15.9 Å². The van der Waals surface area contributed by atoms with Crippen LogP contribution in [0.4, 0.5) is 0 Å². The normalized spacial score (nSPS) is 10.0. The molecule has 1 aromatic carbocycles. The Labute approximate surface area is 75.2 Å². The number of rotatable bonds is 2. The standard InChI is InChI=1S/C9H11BrO/c1-2-4-7-8(10)5-3-6-9(7)11/h3,5-6,11H,2,4H2,1H3. The minimum absolute atomic E-state index is 0.390. The van der Waals surface area contributed by atoms with Gasteiger partial charge in [-0.3, -0.25) is 0 Å². The zero-order chi connectivity index (χ0) is 8.27. The lowest BCUT2D eigenvalue weighted by atomic mass is 10.1. The van der Waals surface area contributed by atoms with E-state index in [0.29, 0.717) is 5.75 Å². The van der Waals surface area contributed by atoms with Crippen LogP contribution in [-0.2, 0) is 6.42 Å². The molecule has 2 heteroatoms. The number of halogens is 1. The van der Waals surface area contributed by atoms with Gasteiger partial charge < -0.3 is 5.11 Å². The van der Waals surface area contributed by atoms with Crippen LogP contribution in [0.3, 0.4) is 0 Å². The van der Waals surface area contributed by atoms with Crippen molar-refractivity contribution in [2.45, 2.75) is 19.8 Å². The number of aromatic hydroxyl groups is 1. The van der Waals surface area contributed by atoms with Crippen molar-refractivity contribution < 1.29 is 5.11 Å². The summed E-state index contributed by atoms with van der Waals surface area (Å²) in [5.41, 5.74) is 1.01. The number of benzene rings is 1. The quantitative estimate of drug-likeness (QED) is 0.803. The fourth-order valence-electron chi connectivity index (χ4n) is 1.04. The van der Waals surface area contributed by atoms with Crippen molar-refractivity contribution in [3.63, 3.8) is 0 Å². The van der Waals surface area contributed by atoms with Crippen LogP contribution in [0.5, 0.6) is 5.75 Å². The van der Waals surface area contributed by atoms with Gasteiger partial charge in [0.2, 0.25) is 0 Å². The van der Waals surface area contributed by atoms with Crippen LogP contribution in [0.1, 0.15) is 18.9 Å². The third kappa shape index (κ3) is 1.96. The van der Waals surface area contributed by atoms with Crippen LogP contribution in [-0.4, -0.2) is 5.11 Å². The molecule has 60 valence electrons. The van der Waals surface area contributed by atoms with E-state index in [1.54, 1.807) is 6.07 Å². The Morgan fingerprint density at radius 3 is 2.73 bits per heavy atom. The third-order valence-electron chi connectivity index (χ3n) is 1.59. The molecule has 1 rings (SSSR count). The van der Waals surface area contributed by atoms with E-state index < -0.39 is 0 Å². The van der Waals surface area contributed by atoms with Crippen molar-refractivity contribution in [3.05, 3.63) is 28.2 Å². The zero-order valence-electron chi connectivity index (χ0n) is 6.47. The molecule has 1 aromatic rings. The van der Waals surface area contributed by atoms with E-state index in [1.807, 2.05) is 12.1 Å². The molecule has 0 saturated carbocycles. The van der Waals surface area contributed by atoms with E-state index in [1.165, 1.54) is 0 Å². The molecule has 0 aliphatic heterocycles. The largest absolute Gasteiger partial charge is 0.508 e. The average molecular weight is 215 g/mol. The first-order chi connectivity index (χ1) is 5.25. The molecule has 11 heavy (non-hydrogen) atoms. The number of phenols is 1. The molecule has 0 heterocycles. The summed E-state index contributed by atoms with van der Waals surface area (Å²) >= 11 is 3.39. The van der Waals surface area contributed by atoms with E-state index in [0.717, 1.165) is 22.9 Å². The summed E-state index contributed by atoms with van der Waals surface area (Å²) in [5.74, 6) is 0.390. The van der Waals surface area contributed by atoms with Gasteiger partial charge in [0.05, 0.1) is 0 Å². The minimum atomic E-state index is 0.390. The Hall–Kier alpha value is -0.500. The monoisotopic (exact) mass is 214 g/mol. The Bertz CT molecular complexity index is 225. The third-order valence-corrected chi connectivity index (χ3v) is 2.34. The molecule has 0 radical (unpaired) electrons. The first kappa shape index (κ1) is 8.60. The molecule has 0 atom stereocenters. The lowest BCUT2D eigenvalue weighted by Crippen LogP contribution is -1.85. The number of phenolic OH excluding ortho intramolecular Hbond substituents is 1. The fourth-order valence-corrected chi connectivity index (χ4v) is 1.60. The van der Waals surface area contributed by atoms with Crippen molar-refractivity contribution in [1.82, 2.24) is 0 Å². The smallest absolute Gasteiger partial charge is 0.119 e. The highest BCUT2D eigenvalue weighted by molar-refractivity contribution is 9.10. The van der Waals surface area contributed by atoms with Crippen molar-refractivity contribution in [1.29, 1.82) is 0 Å². The second-order valence-corrected chi connectivity index (χ2v) is 3.34. The van der Waals surface area contributed by atoms with Gasteiger partial charge in [-0.05, 0) is 18.6 Å². The Kier molecular flexibility index (Phi) is 2.94. The van der Waals surface area contributed by atoms with Gasteiger partial charge in [-0.2, -0.15) is 0 Å². The molecule has 0 fully saturated rings. The summed E-state index contributed by atoms with van der Waals surface area (Å²) in [6.07, 6.45) is 1.98. The zero-order valence-corrected chi connectivity index (χ0v) is 8.06.